The third-order valence-electron chi connectivity index (χ3n) is 4.92. The third kappa shape index (κ3) is 12.6. The molecule has 32 heavy (non-hydrogen) atoms. The Kier molecular flexibility index (Phi) is 12.4. The molecule has 0 aliphatic heterocycles. The molecule has 0 aliphatic rings. The van der Waals surface area contributed by atoms with E-state index in [4.69, 9.17) is 10.8 Å². The zero-order valence-corrected chi connectivity index (χ0v) is 20.1. The lowest BCUT2D eigenvalue weighted by molar-refractivity contribution is -0.143. The Hall–Kier alpha value is -2.24. The van der Waals surface area contributed by atoms with Crippen LogP contribution in [0, 0.1) is 0 Å². The molecule has 0 fully saturated rings. The van der Waals surface area contributed by atoms with Crippen molar-refractivity contribution in [2.75, 3.05) is 13.1 Å². The summed E-state index contributed by atoms with van der Waals surface area (Å²) in [6.45, 7) is 11.4. The summed E-state index contributed by atoms with van der Waals surface area (Å²) in [5, 5.41) is 29.7. The van der Waals surface area contributed by atoms with E-state index in [1.165, 1.54) is 0 Å². The number of carboxylic acid groups (broad SMARTS) is 2. The average molecular weight is 460 g/mol. The Morgan fingerprint density at radius 1 is 0.875 bits per heavy atom. The van der Waals surface area contributed by atoms with E-state index in [9.17, 15) is 24.3 Å². The van der Waals surface area contributed by atoms with Crippen LogP contribution in [0.2, 0.25) is 0 Å². The Morgan fingerprint density at radius 3 is 1.91 bits per heavy atom. The molecule has 0 aromatic heterocycles. The van der Waals surface area contributed by atoms with E-state index in [0.29, 0.717) is 0 Å². The molecule has 11 heteroatoms. The van der Waals surface area contributed by atoms with Crippen LogP contribution in [-0.4, -0.2) is 76.3 Å². The monoisotopic (exact) mass is 459 g/mol. The van der Waals surface area contributed by atoms with Gasteiger partial charge in [-0.25, -0.2) is 4.79 Å². The predicted molar refractivity (Wildman–Crippen MR) is 121 cm³/mol. The first-order chi connectivity index (χ1) is 14.6. The summed E-state index contributed by atoms with van der Waals surface area (Å²) in [6.07, 6.45) is 0.521. The van der Waals surface area contributed by atoms with Crippen molar-refractivity contribution in [3.63, 3.8) is 0 Å². The van der Waals surface area contributed by atoms with E-state index in [0.717, 1.165) is 6.42 Å². The van der Waals surface area contributed by atoms with Gasteiger partial charge in [0.2, 0.25) is 11.8 Å². The van der Waals surface area contributed by atoms with Crippen LogP contribution in [0.15, 0.2) is 0 Å². The normalized spacial score (nSPS) is 14.8. The molecule has 1 unspecified atom stereocenters. The molecule has 0 bridgehead atoms. The van der Waals surface area contributed by atoms with E-state index in [-0.39, 0.29) is 43.8 Å². The van der Waals surface area contributed by atoms with Gasteiger partial charge < -0.3 is 31.9 Å². The molecule has 2 amide bonds. The van der Waals surface area contributed by atoms with Crippen LogP contribution >= 0.6 is 0 Å². The summed E-state index contributed by atoms with van der Waals surface area (Å²) in [7, 11) is 0. The average Bonchev–Trinajstić information content (AvgIpc) is 2.67. The van der Waals surface area contributed by atoms with Gasteiger partial charge in [-0.1, -0.05) is 6.92 Å². The quantitative estimate of drug-likeness (QED) is 0.174. The van der Waals surface area contributed by atoms with E-state index in [2.05, 4.69) is 21.3 Å². The fraction of sp³-hybridized carbons (Fsp3) is 0.810. The molecule has 186 valence electrons. The molecule has 0 spiro atoms. The number of amides is 2. The molecule has 0 saturated carbocycles. The van der Waals surface area contributed by atoms with Gasteiger partial charge in [0.1, 0.15) is 6.04 Å². The highest BCUT2D eigenvalue weighted by atomic mass is 16.4. The molecule has 0 saturated heterocycles. The van der Waals surface area contributed by atoms with Crippen molar-refractivity contribution in [1.82, 2.24) is 21.3 Å². The summed E-state index contributed by atoms with van der Waals surface area (Å²) >= 11 is 0. The van der Waals surface area contributed by atoms with E-state index >= 15 is 0 Å². The second kappa shape index (κ2) is 13.3. The first-order valence-corrected chi connectivity index (χ1v) is 10.9. The molecule has 0 rings (SSSR count). The molecule has 0 aromatic rings. The molecule has 0 heterocycles. The number of hydrogen-bond acceptors (Lipinski definition) is 7. The van der Waals surface area contributed by atoms with Gasteiger partial charge in [-0.2, -0.15) is 0 Å². The van der Waals surface area contributed by atoms with Crippen LogP contribution in [0.3, 0.4) is 0 Å². The minimum Gasteiger partial charge on any atom is -0.481 e. The van der Waals surface area contributed by atoms with Crippen LogP contribution < -0.4 is 27.0 Å². The SMILES string of the molecule is CCC(C)(C)N[C@@H](CN)C(=O)NCCC(NC(=O)[C@H](CCC(=O)O)NC(C)(C)C)C(=O)O. The zero-order chi connectivity index (χ0) is 25.1. The smallest absolute Gasteiger partial charge is 0.326 e. The van der Waals surface area contributed by atoms with Crippen molar-refractivity contribution in [3.8, 4) is 0 Å². The molecular formula is C21H41N5O6. The van der Waals surface area contributed by atoms with Crippen molar-refractivity contribution >= 4 is 23.8 Å². The summed E-state index contributed by atoms with van der Waals surface area (Å²) in [6, 6.07) is -2.74. The fourth-order valence-electron chi connectivity index (χ4n) is 2.86. The van der Waals surface area contributed by atoms with Crippen molar-refractivity contribution in [3.05, 3.63) is 0 Å². The number of nitrogens with one attached hydrogen (secondary N) is 4. The van der Waals surface area contributed by atoms with Gasteiger partial charge in [-0.05, 0) is 53.9 Å². The molecule has 8 N–H and O–H groups in total. The largest absolute Gasteiger partial charge is 0.481 e. The van der Waals surface area contributed by atoms with Crippen molar-refractivity contribution in [2.24, 2.45) is 5.73 Å². The molecule has 11 nitrogen and oxygen atoms in total. The molecule has 3 atom stereocenters. The number of aliphatic carboxylic acids is 2. The minimum absolute atomic E-state index is 0.0125. The van der Waals surface area contributed by atoms with Crippen molar-refractivity contribution in [2.45, 2.75) is 96.4 Å². The van der Waals surface area contributed by atoms with Gasteiger partial charge in [0, 0.05) is 30.6 Å². The molecular weight excluding hydrogens is 418 g/mol. The maximum absolute atomic E-state index is 12.6. The Balaban J connectivity index is 4.97. The number of carbonyl (C=O) groups is 4. The van der Waals surface area contributed by atoms with Gasteiger partial charge in [0.15, 0.2) is 0 Å². The molecule has 0 radical (unpaired) electrons. The lowest BCUT2D eigenvalue weighted by Crippen LogP contribution is -2.57. The number of carboxylic acids is 2. The zero-order valence-electron chi connectivity index (χ0n) is 20.1. The summed E-state index contributed by atoms with van der Waals surface area (Å²) < 4.78 is 0. The summed E-state index contributed by atoms with van der Waals surface area (Å²) in [5.74, 6) is -3.25. The number of carbonyl (C=O) groups excluding carboxylic acids is 2. The first kappa shape index (κ1) is 29.8. The van der Waals surface area contributed by atoms with E-state index in [1.54, 1.807) is 0 Å². The summed E-state index contributed by atoms with van der Waals surface area (Å²) in [5.41, 5.74) is 4.92. The predicted octanol–water partition coefficient (Wildman–Crippen LogP) is -0.211. The number of rotatable bonds is 15. The lowest BCUT2D eigenvalue weighted by atomic mass is 10.0. The molecule has 0 aliphatic carbocycles. The van der Waals surface area contributed by atoms with E-state index in [1.807, 2.05) is 41.5 Å². The van der Waals surface area contributed by atoms with Gasteiger partial charge in [-0.15, -0.1) is 0 Å². The first-order valence-electron chi connectivity index (χ1n) is 10.9. The maximum atomic E-state index is 12.6. The Labute approximate surface area is 190 Å². The fourth-order valence-corrected chi connectivity index (χ4v) is 2.86. The summed E-state index contributed by atoms with van der Waals surface area (Å²) in [4.78, 5) is 47.6. The van der Waals surface area contributed by atoms with Crippen molar-refractivity contribution in [1.29, 1.82) is 0 Å². The van der Waals surface area contributed by atoms with E-state index < -0.39 is 41.5 Å². The number of hydrogen-bond donors (Lipinski definition) is 7. The van der Waals surface area contributed by atoms with Crippen molar-refractivity contribution < 1.29 is 29.4 Å². The van der Waals surface area contributed by atoms with Gasteiger partial charge in [0.05, 0.1) is 12.1 Å². The highest BCUT2D eigenvalue weighted by molar-refractivity contribution is 5.87. The topological polar surface area (TPSA) is 183 Å². The highest BCUT2D eigenvalue weighted by Gasteiger charge is 2.29. The van der Waals surface area contributed by atoms with Crippen LogP contribution in [0.1, 0.15) is 67.2 Å². The highest BCUT2D eigenvalue weighted by Crippen LogP contribution is 2.09. The number of nitrogens with two attached hydrogens (primary N) is 1. The van der Waals surface area contributed by atoms with Crippen LogP contribution in [-0.2, 0) is 19.2 Å². The van der Waals surface area contributed by atoms with Crippen LogP contribution in [0.5, 0.6) is 0 Å². The van der Waals surface area contributed by atoms with Crippen LogP contribution in [0.25, 0.3) is 0 Å². The Morgan fingerprint density at radius 2 is 1.47 bits per heavy atom. The van der Waals surface area contributed by atoms with Crippen LogP contribution in [0.4, 0.5) is 0 Å². The Bertz CT molecular complexity index is 647. The molecule has 0 aromatic carbocycles. The second-order valence-electron chi connectivity index (χ2n) is 9.53. The second-order valence-corrected chi connectivity index (χ2v) is 9.53. The van der Waals surface area contributed by atoms with Gasteiger partial charge in [0.25, 0.3) is 0 Å². The van der Waals surface area contributed by atoms with Gasteiger partial charge in [-0.3, -0.25) is 19.7 Å². The standard InChI is InChI=1S/C21H41N5O6/c1-7-21(5,6)26-15(12-22)17(29)23-11-10-14(19(31)32)24-18(30)13(8-9-16(27)28)25-20(2,3)4/h13-15,25-26H,7-12,22H2,1-6H3,(H,23,29)(H,24,30)(H,27,28)(H,31,32)/t13-,14?,15-/m0/s1. The minimum atomic E-state index is -1.25. The third-order valence-corrected chi connectivity index (χ3v) is 4.92. The van der Waals surface area contributed by atoms with Gasteiger partial charge >= 0.3 is 11.9 Å². The maximum Gasteiger partial charge on any atom is 0.326 e. The lowest BCUT2D eigenvalue weighted by Gasteiger charge is -2.30.